The molecule has 0 atom stereocenters. The van der Waals surface area contributed by atoms with Gasteiger partial charge in [-0.25, -0.2) is 0 Å². The van der Waals surface area contributed by atoms with Crippen molar-refractivity contribution in [2.24, 2.45) is 0 Å². The number of pyridine rings is 1. The Labute approximate surface area is 87.6 Å². The maximum absolute atomic E-state index is 4.57. The van der Waals surface area contributed by atoms with E-state index in [9.17, 15) is 0 Å². The highest BCUT2D eigenvalue weighted by Gasteiger charge is 1.97. The zero-order chi connectivity index (χ0) is 10.4. The standard InChI is InChI=1S/C13H21N/c1-4-5-6-7-8-13-10-9-11(2)12(3)14-13/h9-10H,4-8H2,1-3H3. The molecule has 0 fully saturated rings. The molecule has 0 unspecified atom stereocenters. The Bertz CT molecular complexity index is 279. The van der Waals surface area contributed by atoms with Crippen molar-refractivity contribution in [2.45, 2.75) is 52.9 Å². The van der Waals surface area contributed by atoms with Gasteiger partial charge in [-0.1, -0.05) is 32.3 Å². The molecule has 14 heavy (non-hydrogen) atoms. The molecule has 0 radical (unpaired) electrons. The van der Waals surface area contributed by atoms with Gasteiger partial charge >= 0.3 is 0 Å². The van der Waals surface area contributed by atoms with Crippen molar-refractivity contribution < 1.29 is 0 Å². The molecular weight excluding hydrogens is 170 g/mol. The molecule has 1 heteroatoms. The van der Waals surface area contributed by atoms with Gasteiger partial charge in [0.1, 0.15) is 0 Å². The highest BCUT2D eigenvalue weighted by molar-refractivity contribution is 5.20. The van der Waals surface area contributed by atoms with Crippen molar-refractivity contribution in [3.63, 3.8) is 0 Å². The van der Waals surface area contributed by atoms with Crippen LogP contribution in [0.3, 0.4) is 0 Å². The van der Waals surface area contributed by atoms with Gasteiger partial charge in [-0.2, -0.15) is 0 Å². The summed E-state index contributed by atoms with van der Waals surface area (Å²) >= 11 is 0. The van der Waals surface area contributed by atoms with Crippen LogP contribution in [0, 0.1) is 13.8 Å². The summed E-state index contributed by atoms with van der Waals surface area (Å²) in [6, 6.07) is 4.34. The first-order valence-electron chi connectivity index (χ1n) is 5.67. The van der Waals surface area contributed by atoms with Crippen LogP contribution in [0.5, 0.6) is 0 Å². The van der Waals surface area contributed by atoms with Gasteiger partial charge in [-0.15, -0.1) is 0 Å². The quantitative estimate of drug-likeness (QED) is 0.645. The highest BCUT2D eigenvalue weighted by Crippen LogP contribution is 2.09. The van der Waals surface area contributed by atoms with Crippen LogP contribution in [0.4, 0.5) is 0 Å². The third-order valence-corrected chi connectivity index (χ3v) is 2.69. The van der Waals surface area contributed by atoms with Crippen LogP contribution in [0.25, 0.3) is 0 Å². The predicted molar refractivity (Wildman–Crippen MR) is 61.6 cm³/mol. The van der Waals surface area contributed by atoms with E-state index < -0.39 is 0 Å². The Balaban J connectivity index is 2.39. The molecule has 0 aliphatic rings. The van der Waals surface area contributed by atoms with E-state index in [1.807, 2.05) is 0 Å². The maximum atomic E-state index is 4.57. The largest absolute Gasteiger partial charge is 0.258 e. The second-order valence-corrected chi connectivity index (χ2v) is 4.02. The zero-order valence-corrected chi connectivity index (χ0v) is 9.64. The van der Waals surface area contributed by atoms with Gasteiger partial charge < -0.3 is 0 Å². The molecule has 1 aromatic rings. The smallest absolute Gasteiger partial charge is 0.0407 e. The first kappa shape index (κ1) is 11.2. The Morgan fingerprint density at radius 3 is 2.50 bits per heavy atom. The molecule has 0 N–H and O–H groups in total. The van der Waals surface area contributed by atoms with Gasteiger partial charge in [0.15, 0.2) is 0 Å². The third-order valence-electron chi connectivity index (χ3n) is 2.69. The number of aryl methyl sites for hydroxylation is 3. The molecule has 0 amide bonds. The van der Waals surface area contributed by atoms with Crippen molar-refractivity contribution in [3.8, 4) is 0 Å². The van der Waals surface area contributed by atoms with Crippen molar-refractivity contribution in [1.29, 1.82) is 0 Å². The van der Waals surface area contributed by atoms with Crippen LogP contribution < -0.4 is 0 Å². The van der Waals surface area contributed by atoms with Gasteiger partial charge in [-0.3, -0.25) is 4.98 Å². The third kappa shape index (κ3) is 3.49. The van der Waals surface area contributed by atoms with E-state index in [-0.39, 0.29) is 0 Å². The molecular formula is C13H21N. The van der Waals surface area contributed by atoms with E-state index in [1.165, 1.54) is 42.6 Å². The molecule has 1 nitrogen and oxygen atoms in total. The minimum absolute atomic E-state index is 1.14. The molecule has 0 aliphatic heterocycles. The fraction of sp³-hybridized carbons (Fsp3) is 0.615. The molecule has 0 aromatic carbocycles. The minimum Gasteiger partial charge on any atom is -0.258 e. The summed E-state index contributed by atoms with van der Waals surface area (Å²) in [5, 5.41) is 0. The molecule has 78 valence electrons. The topological polar surface area (TPSA) is 12.9 Å². The normalized spacial score (nSPS) is 10.5. The van der Waals surface area contributed by atoms with Crippen LogP contribution in [0.2, 0.25) is 0 Å². The fourth-order valence-corrected chi connectivity index (χ4v) is 1.55. The number of aromatic nitrogens is 1. The molecule has 1 rings (SSSR count). The summed E-state index contributed by atoms with van der Waals surface area (Å²) in [7, 11) is 0. The van der Waals surface area contributed by atoms with E-state index in [1.54, 1.807) is 0 Å². The van der Waals surface area contributed by atoms with E-state index in [4.69, 9.17) is 0 Å². The summed E-state index contributed by atoms with van der Waals surface area (Å²) in [4.78, 5) is 4.57. The number of hydrogen-bond acceptors (Lipinski definition) is 1. The molecule has 0 bridgehead atoms. The zero-order valence-electron chi connectivity index (χ0n) is 9.64. The predicted octanol–water partition coefficient (Wildman–Crippen LogP) is 3.82. The lowest BCUT2D eigenvalue weighted by Crippen LogP contribution is -1.94. The average Bonchev–Trinajstić information content (AvgIpc) is 2.18. The van der Waals surface area contributed by atoms with E-state index in [0.717, 1.165) is 6.42 Å². The summed E-state index contributed by atoms with van der Waals surface area (Å²) in [5.41, 5.74) is 3.73. The SMILES string of the molecule is CCCCCCc1ccc(C)c(C)n1. The lowest BCUT2D eigenvalue weighted by atomic mass is 10.1. The van der Waals surface area contributed by atoms with Crippen LogP contribution >= 0.6 is 0 Å². The van der Waals surface area contributed by atoms with Gasteiger partial charge in [0.2, 0.25) is 0 Å². The second-order valence-electron chi connectivity index (χ2n) is 4.02. The van der Waals surface area contributed by atoms with Crippen LogP contribution in [0.15, 0.2) is 12.1 Å². The van der Waals surface area contributed by atoms with Crippen molar-refractivity contribution in [3.05, 3.63) is 29.1 Å². The summed E-state index contributed by atoms with van der Waals surface area (Å²) in [6.07, 6.45) is 6.42. The summed E-state index contributed by atoms with van der Waals surface area (Å²) < 4.78 is 0. The van der Waals surface area contributed by atoms with Crippen LogP contribution in [-0.4, -0.2) is 4.98 Å². The molecule has 0 spiro atoms. The molecule has 0 saturated carbocycles. The van der Waals surface area contributed by atoms with E-state index in [0.29, 0.717) is 0 Å². The summed E-state index contributed by atoms with van der Waals surface area (Å²) in [6.45, 7) is 6.45. The number of nitrogens with zero attached hydrogens (tertiary/aromatic N) is 1. The van der Waals surface area contributed by atoms with Gasteiger partial charge in [-0.05, 0) is 38.3 Å². The van der Waals surface area contributed by atoms with Crippen molar-refractivity contribution in [2.75, 3.05) is 0 Å². The fourth-order valence-electron chi connectivity index (χ4n) is 1.55. The van der Waals surface area contributed by atoms with Crippen molar-refractivity contribution >= 4 is 0 Å². The lowest BCUT2D eigenvalue weighted by molar-refractivity contribution is 0.659. The van der Waals surface area contributed by atoms with E-state index >= 15 is 0 Å². The Morgan fingerprint density at radius 2 is 1.86 bits per heavy atom. The molecule has 1 heterocycles. The number of rotatable bonds is 5. The van der Waals surface area contributed by atoms with Crippen LogP contribution in [-0.2, 0) is 6.42 Å². The Hall–Kier alpha value is -0.850. The first-order chi connectivity index (χ1) is 6.74. The minimum atomic E-state index is 1.14. The van der Waals surface area contributed by atoms with Crippen LogP contribution in [0.1, 0.15) is 49.6 Å². The Morgan fingerprint density at radius 1 is 1.07 bits per heavy atom. The van der Waals surface area contributed by atoms with Gasteiger partial charge in [0.05, 0.1) is 0 Å². The maximum Gasteiger partial charge on any atom is 0.0407 e. The highest BCUT2D eigenvalue weighted by atomic mass is 14.7. The average molecular weight is 191 g/mol. The molecule has 1 aromatic heterocycles. The van der Waals surface area contributed by atoms with E-state index in [2.05, 4.69) is 37.9 Å². The second kappa shape index (κ2) is 5.79. The van der Waals surface area contributed by atoms with Gasteiger partial charge in [0.25, 0.3) is 0 Å². The number of hydrogen-bond donors (Lipinski definition) is 0. The number of unbranched alkanes of at least 4 members (excludes halogenated alkanes) is 3. The molecule has 0 saturated heterocycles. The monoisotopic (exact) mass is 191 g/mol. The Kier molecular flexibility index (Phi) is 4.64. The lowest BCUT2D eigenvalue weighted by Gasteiger charge is -2.03. The van der Waals surface area contributed by atoms with Gasteiger partial charge in [0, 0.05) is 11.4 Å². The first-order valence-corrected chi connectivity index (χ1v) is 5.67. The summed E-state index contributed by atoms with van der Waals surface area (Å²) in [5.74, 6) is 0. The molecule has 0 aliphatic carbocycles. The van der Waals surface area contributed by atoms with Crippen molar-refractivity contribution in [1.82, 2.24) is 4.98 Å².